The molecule has 0 saturated carbocycles. The number of benzene rings is 2. The highest BCUT2D eigenvalue weighted by Crippen LogP contribution is 2.41. The smallest absolute Gasteiger partial charge is 0.416 e. The standard InChI is InChI=1S/C25H23F5N4O3/c26-20-7-15(4-5-22(35)36)11-24(27,12-20)18-3-1-2-16(6-18)13-32-23(37)17-8-19(25(28,29)30)10-21(9-17)33-14-34-31/h1-3,6-10,12,14H,4-5,11,13,31H2,(H,32,37)(H,33,34)(H,35,36). The fourth-order valence-electron chi connectivity index (χ4n) is 3.84. The number of alkyl halides is 4. The van der Waals surface area contributed by atoms with Crippen molar-refractivity contribution in [3.8, 4) is 0 Å². The number of nitrogens with one attached hydrogen (secondary N) is 2. The van der Waals surface area contributed by atoms with Crippen LogP contribution in [0.2, 0.25) is 0 Å². The van der Waals surface area contributed by atoms with Crippen molar-refractivity contribution in [1.82, 2.24) is 5.32 Å². The molecule has 0 bridgehead atoms. The number of carboxylic acid groups (broad SMARTS) is 1. The molecule has 5 N–H and O–H groups in total. The zero-order chi connectivity index (χ0) is 27.2. The second-order valence-corrected chi connectivity index (χ2v) is 8.37. The monoisotopic (exact) mass is 522 g/mol. The van der Waals surface area contributed by atoms with E-state index in [1.54, 1.807) is 6.07 Å². The van der Waals surface area contributed by atoms with Crippen LogP contribution >= 0.6 is 0 Å². The Kier molecular flexibility index (Phi) is 8.31. The number of anilines is 1. The SMILES string of the molecule is NN=CNc1cc(C(=O)NCc2cccc(C3(F)C=C(F)C=C(CCC(=O)O)C3)c2)cc(C(F)(F)F)c1. The second kappa shape index (κ2) is 11.2. The van der Waals surface area contributed by atoms with Gasteiger partial charge in [-0.05, 0) is 47.9 Å². The zero-order valence-electron chi connectivity index (χ0n) is 19.3. The first-order valence-electron chi connectivity index (χ1n) is 11.0. The van der Waals surface area contributed by atoms with Crippen LogP contribution in [0.25, 0.3) is 0 Å². The van der Waals surface area contributed by atoms with E-state index in [2.05, 4.69) is 15.7 Å². The number of nitrogens with two attached hydrogens (primary N) is 1. The van der Waals surface area contributed by atoms with Gasteiger partial charge in [-0.3, -0.25) is 9.59 Å². The Bertz CT molecular complexity index is 1270. The average Bonchev–Trinajstić information content (AvgIpc) is 2.83. The predicted octanol–water partition coefficient (Wildman–Crippen LogP) is 5.16. The highest BCUT2D eigenvalue weighted by atomic mass is 19.4. The molecule has 1 unspecified atom stereocenters. The van der Waals surface area contributed by atoms with Gasteiger partial charge in [-0.2, -0.15) is 18.3 Å². The number of carbonyl (C=O) groups is 2. The van der Waals surface area contributed by atoms with Crippen molar-refractivity contribution in [2.45, 2.75) is 37.7 Å². The molecule has 0 spiro atoms. The molecule has 0 heterocycles. The van der Waals surface area contributed by atoms with E-state index in [9.17, 15) is 27.2 Å². The van der Waals surface area contributed by atoms with Crippen LogP contribution in [0.3, 0.4) is 0 Å². The van der Waals surface area contributed by atoms with Crippen LogP contribution in [0.15, 0.2) is 71.1 Å². The molecule has 12 heteroatoms. The third-order valence-corrected chi connectivity index (χ3v) is 5.54. The summed E-state index contributed by atoms with van der Waals surface area (Å²) in [5.41, 5.74) is -2.84. The molecule has 3 rings (SSSR count). The summed E-state index contributed by atoms with van der Waals surface area (Å²) in [5, 5.41) is 16.9. The Hall–Kier alpha value is -4.22. The number of carboxylic acids is 1. The third kappa shape index (κ3) is 7.38. The molecule has 1 aliphatic carbocycles. The lowest BCUT2D eigenvalue weighted by atomic mass is 9.83. The summed E-state index contributed by atoms with van der Waals surface area (Å²) in [4.78, 5) is 23.5. The molecule has 1 amide bonds. The minimum absolute atomic E-state index is 0.0109. The van der Waals surface area contributed by atoms with Gasteiger partial charge in [-0.15, -0.1) is 0 Å². The normalized spacial score (nSPS) is 17.8. The van der Waals surface area contributed by atoms with Crippen molar-refractivity contribution in [3.63, 3.8) is 0 Å². The molecule has 1 aliphatic rings. The van der Waals surface area contributed by atoms with E-state index in [1.807, 2.05) is 0 Å². The minimum Gasteiger partial charge on any atom is -0.481 e. The van der Waals surface area contributed by atoms with Crippen molar-refractivity contribution in [2.24, 2.45) is 10.9 Å². The molecule has 2 aromatic carbocycles. The third-order valence-electron chi connectivity index (χ3n) is 5.54. The van der Waals surface area contributed by atoms with Gasteiger partial charge in [-0.25, -0.2) is 8.78 Å². The van der Waals surface area contributed by atoms with E-state index >= 15 is 4.39 Å². The largest absolute Gasteiger partial charge is 0.481 e. The van der Waals surface area contributed by atoms with Gasteiger partial charge in [0.25, 0.3) is 5.91 Å². The van der Waals surface area contributed by atoms with Crippen molar-refractivity contribution in [3.05, 3.63) is 88.3 Å². The van der Waals surface area contributed by atoms with E-state index in [4.69, 9.17) is 10.9 Å². The number of hydrogen-bond acceptors (Lipinski definition) is 4. The van der Waals surface area contributed by atoms with Gasteiger partial charge in [-0.1, -0.05) is 29.8 Å². The Morgan fingerprint density at radius 3 is 2.62 bits per heavy atom. The number of hydrazone groups is 1. The van der Waals surface area contributed by atoms with Crippen LogP contribution in [0.5, 0.6) is 0 Å². The van der Waals surface area contributed by atoms with Crippen LogP contribution in [0.1, 0.15) is 46.3 Å². The van der Waals surface area contributed by atoms with Gasteiger partial charge < -0.3 is 21.6 Å². The van der Waals surface area contributed by atoms with E-state index in [1.165, 1.54) is 24.3 Å². The Labute approximate surface area is 208 Å². The van der Waals surface area contributed by atoms with Crippen LogP contribution < -0.4 is 16.5 Å². The first-order valence-corrected chi connectivity index (χ1v) is 11.0. The van der Waals surface area contributed by atoms with Crippen molar-refractivity contribution >= 4 is 23.9 Å². The highest BCUT2D eigenvalue weighted by molar-refractivity contribution is 5.96. The van der Waals surface area contributed by atoms with E-state index in [-0.39, 0.29) is 42.6 Å². The molecule has 196 valence electrons. The molecule has 0 saturated heterocycles. The van der Waals surface area contributed by atoms with Crippen LogP contribution in [-0.4, -0.2) is 23.3 Å². The summed E-state index contributed by atoms with van der Waals surface area (Å²) < 4.78 is 69.7. The van der Waals surface area contributed by atoms with Gasteiger partial charge >= 0.3 is 12.1 Å². The summed E-state index contributed by atoms with van der Waals surface area (Å²) in [6.45, 7) is -0.153. The van der Waals surface area contributed by atoms with Gasteiger partial charge in [0.2, 0.25) is 0 Å². The van der Waals surface area contributed by atoms with Gasteiger partial charge in [0, 0.05) is 30.6 Å². The molecule has 0 radical (unpaired) electrons. The fraction of sp³-hybridized carbons (Fsp3) is 0.240. The summed E-state index contributed by atoms with van der Waals surface area (Å²) >= 11 is 0. The molecule has 0 aromatic heterocycles. The lowest BCUT2D eigenvalue weighted by Crippen LogP contribution is -2.25. The Morgan fingerprint density at radius 2 is 1.95 bits per heavy atom. The minimum atomic E-state index is -4.71. The first-order chi connectivity index (χ1) is 17.4. The average molecular weight is 522 g/mol. The number of nitrogens with zero attached hydrogens (tertiary/aromatic N) is 1. The molecular formula is C25H23F5N4O3. The summed E-state index contributed by atoms with van der Waals surface area (Å²) in [6.07, 6.45) is -2.36. The van der Waals surface area contributed by atoms with E-state index in [0.29, 0.717) is 17.2 Å². The molecule has 1 atom stereocenters. The molecular weight excluding hydrogens is 499 g/mol. The van der Waals surface area contributed by atoms with Crippen LogP contribution in [0.4, 0.5) is 27.6 Å². The summed E-state index contributed by atoms with van der Waals surface area (Å²) in [5.74, 6) is 2.22. The van der Waals surface area contributed by atoms with E-state index in [0.717, 1.165) is 24.6 Å². The molecule has 37 heavy (non-hydrogen) atoms. The van der Waals surface area contributed by atoms with Gasteiger partial charge in [0.05, 0.1) is 5.56 Å². The van der Waals surface area contributed by atoms with Crippen molar-refractivity contribution in [2.75, 3.05) is 5.32 Å². The Morgan fingerprint density at radius 1 is 1.19 bits per heavy atom. The number of amides is 1. The maximum atomic E-state index is 15.8. The topological polar surface area (TPSA) is 117 Å². The fourth-order valence-corrected chi connectivity index (χ4v) is 3.84. The number of aliphatic carboxylic acids is 1. The zero-order valence-corrected chi connectivity index (χ0v) is 19.3. The molecule has 0 fully saturated rings. The summed E-state index contributed by atoms with van der Waals surface area (Å²) in [7, 11) is 0. The Balaban J connectivity index is 1.77. The summed E-state index contributed by atoms with van der Waals surface area (Å²) in [6, 6.07) is 8.55. The lowest BCUT2D eigenvalue weighted by Gasteiger charge is -2.27. The molecule has 2 aromatic rings. The van der Waals surface area contributed by atoms with Gasteiger partial charge in [0.15, 0.2) is 5.67 Å². The van der Waals surface area contributed by atoms with Crippen molar-refractivity contribution < 1.29 is 36.6 Å². The quantitative estimate of drug-likeness (QED) is 0.119. The molecule has 0 aliphatic heterocycles. The van der Waals surface area contributed by atoms with E-state index < -0.39 is 35.1 Å². The number of carbonyl (C=O) groups excluding carboxylic acids is 1. The van der Waals surface area contributed by atoms with Gasteiger partial charge in [0.1, 0.15) is 12.2 Å². The number of halogens is 5. The number of allylic oxidation sites excluding steroid dienone is 4. The first kappa shape index (κ1) is 27.4. The maximum absolute atomic E-state index is 15.8. The second-order valence-electron chi connectivity index (χ2n) is 8.37. The lowest BCUT2D eigenvalue weighted by molar-refractivity contribution is -0.138. The molecule has 7 nitrogen and oxygen atoms in total. The predicted molar refractivity (Wildman–Crippen MR) is 127 cm³/mol. The van der Waals surface area contributed by atoms with Crippen LogP contribution in [-0.2, 0) is 23.2 Å². The number of rotatable bonds is 9. The van der Waals surface area contributed by atoms with Crippen molar-refractivity contribution in [1.29, 1.82) is 0 Å². The number of hydrogen-bond donors (Lipinski definition) is 4. The van der Waals surface area contributed by atoms with Crippen LogP contribution in [0, 0.1) is 0 Å². The highest BCUT2D eigenvalue weighted by Gasteiger charge is 2.35. The maximum Gasteiger partial charge on any atom is 0.416 e.